The van der Waals surface area contributed by atoms with Gasteiger partial charge in [-0.15, -0.1) is 0 Å². The van der Waals surface area contributed by atoms with Gasteiger partial charge in [-0.1, -0.05) is 12.1 Å². The van der Waals surface area contributed by atoms with Crippen molar-refractivity contribution in [3.05, 3.63) is 59.2 Å². The van der Waals surface area contributed by atoms with Gasteiger partial charge in [0.1, 0.15) is 17.8 Å². The second-order valence-electron chi connectivity index (χ2n) is 7.52. The lowest BCUT2D eigenvalue weighted by Gasteiger charge is -2.22. The molecule has 0 aromatic heterocycles. The van der Waals surface area contributed by atoms with E-state index in [1.54, 1.807) is 12.1 Å². The molecule has 0 bridgehead atoms. The Morgan fingerprint density at radius 2 is 1.62 bits per heavy atom. The summed E-state index contributed by atoms with van der Waals surface area (Å²) in [4.78, 5) is 38.2. The number of imide groups is 1. The monoisotopic (exact) mass is 489 g/mol. The van der Waals surface area contributed by atoms with Crippen LogP contribution in [0.25, 0.3) is 0 Å². The zero-order valence-corrected chi connectivity index (χ0v) is 17.6. The third-order valence-electron chi connectivity index (χ3n) is 5.10. The minimum absolute atomic E-state index is 0.0906. The van der Waals surface area contributed by atoms with Gasteiger partial charge >= 0.3 is 18.4 Å². The summed E-state index contributed by atoms with van der Waals surface area (Å²) in [6.07, 6.45) is -10.2. The van der Waals surface area contributed by atoms with Crippen LogP contribution in [0.4, 0.5) is 36.8 Å². The zero-order valence-electron chi connectivity index (χ0n) is 17.6. The van der Waals surface area contributed by atoms with Crippen molar-refractivity contribution in [3.8, 4) is 5.75 Å². The second kappa shape index (κ2) is 8.54. The second-order valence-corrected chi connectivity index (χ2v) is 7.52. The Morgan fingerprint density at radius 1 is 1.03 bits per heavy atom. The van der Waals surface area contributed by atoms with Gasteiger partial charge in [-0.25, -0.2) is 4.79 Å². The van der Waals surface area contributed by atoms with Crippen LogP contribution in [0.2, 0.25) is 0 Å². The van der Waals surface area contributed by atoms with Crippen molar-refractivity contribution in [2.24, 2.45) is 0 Å². The summed E-state index contributed by atoms with van der Waals surface area (Å²) in [6.45, 7) is 0.435. The van der Waals surface area contributed by atoms with Gasteiger partial charge in [-0.05, 0) is 42.8 Å². The van der Waals surface area contributed by atoms with E-state index >= 15 is 0 Å². The Balaban J connectivity index is 1.82. The number of ether oxygens (including phenoxy) is 1. The highest BCUT2D eigenvalue weighted by atomic mass is 19.4. The van der Waals surface area contributed by atoms with Crippen molar-refractivity contribution >= 4 is 23.5 Å². The standard InChI is InChI=1S/C21H17F6N3O4/c1-19(11-4-3-5-15(9-11)34-2)17(32)30(18(33)29-19)10-16(31)28-14-7-12(20(22,23)24)6-13(8-14)21(25,26)27/h3-9H,10H2,1-2H3,(H,28,31)(H,29,33)/t19-/m0/s1. The molecule has 34 heavy (non-hydrogen) atoms. The molecule has 13 heteroatoms. The topological polar surface area (TPSA) is 87.7 Å². The van der Waals surface area contributed by atoms with Crippen molar-refractivity contribution in [2.75, 3.05) is 19.0 Å². The van der Waals surface area contributed by atoms with Crippen molar-refractivity contribution < 1.29 is 45.5 Å². The molecule has 0 unspecified atom stereocenters. The number of hydrogen-bond acceptors (Lipinski definition) is 4. The number of anilines is 1. The third-order valence-corrected chi connectivity index (χ3v) is 5.10. The summed E-state index contributed by atoms with van der Waals surface area (Å²) in [6, 6.07) is 5.77. The van der Waals surface area contributed by atoms with Gasteiger partial charge in [0.05, 0.1) is 18.2 Å². The number of carbonyl (C=O) groups is 3. The van der Waals surface area contributed by atoms with Crippen LogP contribution in [0.1, 0.15) is 23.6 Å². The molecule has 1 heterocycles. The van der Waals surface area contributed by atoms with Gasteiger partial charge in [0.2, 0.25) is 5.91 Å². The summed E-state index contributed by atoms with van der Waals surface area (Å²) in [7, 11) is 1.39. The Bertz CT molecular complexity index is 1120. The number of halogens is 6. The normalized spacial score (nSPS) is 18.6. The average Bonchev–Trinajstić information content (AvgIpc) is 2.96. The smallest absolute Gasteiger partial charge is 0.416 e. The first kappa shape index (κ1) is 24.9. The number of carbonyl (C=O) groups excluding carboxylic acids is 3. The predicted molar refractivity (Wildman–Crippen MR) is 106 cm³/mol. The fraction of sp³-hybridized carbons (Fsp3) is 0.286. The number of rotatable bonds is 5. The van der Waals surface area contributed by atoms with E-state index in [2.05, 4.69) is 5.32 Å². The van der Waals surface area contributed by atoms with E-state index in [9.17, 15) is 40.7 Å². The average molecular weight is 489 g/mol. The molecule has 0 saturated carbocycles. The van der Waals surface area contributed by atoms with Crippen LogP contribution in [-0.4, -0.2) is 36.4 Å². The van der Waals surface area contributed by atoms with Crippen LogP contribution in [-0.2, 0) is 27.5 Å². The number of methoxy groups -OCH3 is 1. The molecule has 182 valence electrons. The van der Waals surface area contributed by atoms with Gasteiger partial charge in [-0.2, -0.15) is 26.3 Å². The lowest BCUT2D eigenvalue weighted by Crippen LogP contribution is -2.42. The SMILES string of the molecule is COc1cccc([C@]2(C)NC(=O)N(CC(=O)Nc3cc(C(F)(F)F)cc(C(F)(F)F)c3)C2=O)c1. The van der Waals surface area contributed by atoms with Crippen molar-refractivity contribution in [2.45, 2.75) is 24.8 Å². The summed E-state index contributed by atoms with van der Waals surface area (Å²) in [5.41, 5.74) is -5.29. The molecule has 0 radical (unpaired) electrons. The fourth-order valence-corrected chi connectivity index (χ4v) is 3.34. The quantitative estimate of drug-likeness (QED) is 0.488. The first-order chi connectivity index (χ1) is 15.6. The van der Waals surface area contributed by atoms with Crippen LogP contribution in [0, 0.1) is 0 Å². The maximum atomic E-state index is 13.0. The van der Waals surface area contributed by atoms with Crippen LogP contribution >= 0.6 is 0 Å². The lowest BCUT2D eigenvalue weighted by molar-refractivity contribution is -0.143. The molecule has 2 aromatic carbocycles. The Labute approximate surface area is 188 Å². The number of benzene rings is 2. The number of hydrogen-bond donors (Lipinski definition) is 2. The number of amides is 4. The molecule has 0 aliphatic carbocycles. The van der Waals surface area contributed by atoms with E-state index in [1.165, 1.54) is 26.2 Å². The molecule has 1 fully saturated rings. The molecule has 1 aliphatic heterocycles. The highest BCUT2D eigenvalue weighted by Gasteiger charge is 2.49. The van der Waals surface area contributed by atoms with Crippen molar-refractivity contribution in [1.29, 1.82) is 0 Å². The highest BCUT2D eigenvalue weighted by Crippen LogP contribution is 2.37. The Hall–Kier alpha value is -3.77. The molecular weight excluding hydrogens is 472 g/mol. The molecule has 3 rings (SSSR count). The van der Waals surface area contributed by atoms with E-state index in [1.807, 2.05) is 5.32 Å². The minimum atomic E-state index is -5.11. The van der Waals surface area contributed by atoms with Crippen molar-refractivity contribution in [3.63, 3.8) is 0 Å². The van der Waals surface area contributed by atoms with Crippen LogP contribution < -0.4 is 15.4 Å². The molecule has 1 atom stereocenters. The third kappa shape index (κ3) is 4.92. The van der Waals surface area contributed by atoms with Gasteiger partial charge in [0.25, 0.3) is 5.91 Å². The van der Waals surface area contributed by atoms with Crippen LogP contribution in [0.3, 0.4) is 0 Å². The number of nitrogens with zero attached hydrogens (tertiary/aromatic N) is 1. The molecule has 7 nitrogen and oxygen atoms in total. The summed E-state index contributed by atoms with van der Waals surface area (Å²) >= 11 is 0. The zero-order chi connectivity index (χ0) is 25.5. The summed E-state index contributed by atoms with van der Waals surface area (Å²) in [5, 5.41) is 4.32. The van der Waals surface area contributed by atoms with Gasteiger partial charge in [-0.3, -0.25) is 14.5 Å². The molecule has 1 aliphatic rings. The number of urea groups is 1. The van der Waals surface area contributed by atoms with Gasteiger partial charge in [0, 0.05) is 5.69 Å². The van der Waals surface area contributed by atoms with Crippen molar-refractivity contribution in [1.82, 2.24) is 10.2 Å². The largest absolute Gasteiger partial charge is 0.497 e. The Morgan fingerprint density at radius 3 is 2.15 bits per heavy atom. The Kier molecular flexibility index (Phi) is 6.24. The van der Waals surface area contributed by atoms with E-state index in [0.717, 1.165) is 0 Å². The van der Waals surface area contributed by atoms with E-state index in [0.29, 0.717) is 28.3 Å². The maximum Gasteiger partial charge on any atom is 0.416 e. The molecule has 0 spiro atoms. The lowest BCUT2D eigenvalue weighted by atomic mass is 9.92. The summed E-state index contributed by atoms with van der Waals surface area (Å²) < 4.78 is 83.1. The van der Waals surface area contributed by atoms with E-state index in [-0.39, 0.29) is 6.07 Å². The number of nitrogens with one attached hydrogen (secondary N) is 2. The fourth-order valence-electron chi connectivity index (χ4n) is 3.34. The first-order valence-corrected chi connectivity index (χ1v) is 9.53. The van der Waals surface area contributed by atoms with Gasteiger partial charge < -0.3 is 15.4 Å². The minimum Gasteiger partial charge on any atom is -0.497 e. The van der Waals surface area contributed by atoms with Gasteiger partial charge in [0.15, 0.2) is 0 Å². The first-order valence-electron chi connectivity index (χ1n) is 9.53. The summed E-state index contributed by atoms with van der Waals surface area (Å²) in [5.74, 6) is -1.63. The molecule has 2 aromatic rings. The van der Waals surface area contributed by atoms with E-state index < -0.39 is 59.1 Å². The van der Waals surface area contributed by atoms with E-state index in [4.69, 9.17) is 4.74 Å². The maximum absolute atomic E-state index is 13.0. The molecule has 2 N–H and O–H groups in total. The van der Waals surface area contributed by atoms with Crippen LogP contribution in [0.5, 0.6) is 5.75 Å². The number of alkyl halides is 6. The molecule has 4 amide bonds. The highest BCUT2D eigenvalue weighted by molar-refractivity contribution is 6.10. The predicted octanol–water partition coefficient (Wildman–Crippen LogP) is 4.14. The molecule has 1 saturated heterocycles. The molecular formula is C21H17F6N3O4. The van der Waals surface area contributed by atoms with Crippen LogP contribution in [0.15, 0.2) is 42.5 Å².